The molecule has 1 aliphatic rings. The lowest BCUT2D eigenvalue weighted by atomic mass is 10.1. The van der Waals surface area contributed by atoms with E-state index in [2.05, 4.69) is 35.5 Å². The van der Waals surface area contributed by atoms with Crippen LogP contribution in [0.2, 0.25) is 0 Å². The van der Waals surface area contributed by atoms with Gasteiger partial charge in [0.15, 0.2) is 5.82 Å². The molecule has 1 aliphatic heterocycles. The van der Waals surface area contributed by atoms with Crippen LogP contribution in [0.25, 0.3) is 0 Å². The lowest BCUT2D eigenvalue weighted by molar-refractivity contribution is 0.0936. The number of hydrogen-bond donors (Lipinski definition) is 2. The summed E-state index contributed by atoms with van der Waals surface area (Å²) >= 11 is 0. The number of carbonyl (C=O) groups excluding carboxylic acids is 2. The third kappa shape index (κ3) is 4.80. The summed E-state index contributed by atoms with van der Waals surface area (Å²) in [6.07, 6.45) is 3.71. The van der Waals surface area contributed by atoms with Gasteiger partial charge in [0, 0.05) is 19.6 Å². The molecule has 3 rings (SSSR count). The van der Waals surface area contributed by atoms with Crippen LogP contribution in [0.3, 0.4) is 0 Å². The Labute approximate surface area is 166 Å². The van der Waals surface area contributed by atoms with E-state index < -0.39 is 0 Å². The van der Waals surface area contributed by atoms with E-state index >= 15 is 0 Å². The molecule has 28 heavy (non-hydrogen) atoms. The van der Waals surface area contributed by atoms with Crippen LogP contribution >= 0.6 is 0 Å². The molecule has 0 atom stereocenters. The summed E-state index contributed by atoms with van der Waals surface area (Å²) < 4.78 is 1.93. The second-order valence-corrected chi connectivity index (χ2v) is 7.95. The minimum absolute atomic E-state index is 0.193. The third-order valence-corrected chi connectivity index (χ3v) is 5.08. The molecule has 2 N–H and O–H groups in total. The second-order valence-electron chi connectivity index (χ2n) is 7.95. The number of aromatic nitrogens is 2. The first-order chi connectivity index (χ1) is 13.5. The van der Waals surface area contributed by atoms with E-state index in [1.807, 2.05) is 29.7 Å². The van der Waals surface area contributed by atoms with Crippen molar-refractivity contribution in [2.24, 2.45) is 5.92 Å². The smallest absolute Gasteiger partial charge is 0.287 e. The lowest BCUT2D eigenvalue weighted by Crippen LogP contribution is -2.29. The lowest BCUT2D eigenvalue weighted by Gasteiger charge is -2.17. The molecule has 150 valence electrons. The van der Waals surface area contributed by atoms with E-state index in [0.29, 0.717) is 30.5 Å². The van der Waals surface area contributed by atoms with Crippen molar-refractivity contribution in [3.63, 3.8) is 0 Å². The largest absolute Gasteiger partial charge is 0.349 e. The Morgan fingerprint density at radius 1 is 1.18 bits per heavy atom. The molecule has 0 saturated heterocycles. The predicted molar refractivity (Wildman–Crippen MR) is 109 cm³/mol. The highest BCUT2D eigenvalue weighted by Gasteiger charge is 2.27. The van der Waals surface area contributed by atoms with Crippen LogP contribution in [0.5, 0.6) is 0 Å². The Balaban J connectivity index is 1.74. The average Bonchev–Trinajstić information content (AvgIpc) is 3.06. The van der Waals surface area contributed by atoms with Crippen LogP contribution in [0.4, 0.5) is 0 Å². The Morgan fingerprint density at radius 3 is 2.75 bits per heavy atom. The summed E-state index contributed by atoms with van der Waals surface area (Å²) in [5.74, 6) is 0.478. The maximum absolute atomic E-state index is 12.8. The van der Waals surface area contributed by atoms with Gasteiger partial charge in [-0.15, -0.1) is 0 Å². The molecule has 0 saturated carbocycles. The number of hydrogen-bond acceptors (Lipinski definition) is 3. The Bertz CT molecular complexity index is 854. The minimum Gasteiger partial charge on any atom is -0.349 e. The molecule has 1 aromatic heterocycles. The maximum atomic E-state index is 12.8. The van der Waals surface area contributed by atoms with Crippen molar-refractivity contribution in [1.82, 2.24) is 20.2 Å². The van der Waals surface area contributed by atoms with Crippen LogP contribution in [0, 0.1) is 12.8 Å². The highest BCUT2D eigenvalue weighted by Crippen LogP contribution is 2.21. The van der Waals surface area contributed by atoms with E-state index in [4.69, 9.17) is 0 Å². The van der Waals surface area contributed by atoms with Gasteiger partial charge in [-0.2, -0.15) is 0 Å². The molecule has 6 heteroatoms. The summed E-state index contributed by atoms with van der Waals surface area (Å²) in [5.41, 5.74) is 3.47. The minimum atomic E-state index is -0.214. The Hall–Kier alpha value is -2.63. The summed E-state index contributed by atoms with van der Waals surface area (Å²) in [4.78, 5) is 29.9. The Morgan fingerprint density at radius 2 is 2.00 bits per heavy atom. The molecule has 2 amide bonds. The van der Waals surface area contributed by atoms with Gasteiger partial charge in [-0.1, -0.05) is 43.7 Å². The molecule has 0 radical (unpaired) electrons. The summed E-state index contributed by atoms with van der Waals surface area (Å²) in [5, 5.41) is 5.90. The van der Waals surface area contributed by atoms with Crippen molar-refractivity contribution < 1.29 is 9.59 Å². The first-order valence-corrected chi connectivity index (χ1v) is 10.2. The molecule has 0 bridgehead atoms. The fourth-order valence-corrected chi connectivity index (χ4v) is 3.54. The van der Waals surface area contributed by atoms with Crippen molar-refractivity contribution in [2.75, 3.05) is 6.54 Å². The third-order valence-electron chi connectivity index (χ3n) is 5.08. The fraction of sp³-hybridized carbons (Fsp3) is 0.500. The molecular formula is C22H30N4O2. The number of carbonyl (C=O) groups is 2. The number of nitrogens with zero attached hydrogens (tertiary/aromatic N) is 2. The summed E-state index contributed by atoms with van der Waals surface area (Å²) in [6, 6.07) is 8.05. The number of rotatable bonds is 7. The summed E-state index contributed by atoms with van der Waals surface area (Å²) in [7, 11) is 0. The van der Waals surface area contributed by atoms with Crippen molar-refractivity contribution >= 4 is 11.8 Å². The van der Waals surface area contributed by atoms with Crippen LogP contribution in [0.1, 0.15) is 71.0 Å². The van der Waals surface area contributed by atoms with Gasteiger partial charge in [0.05, 0.1) is 5.69 Å². The zero-order chi connectivity index (χ0) is 20.1. The molecule has 2 aromatic rings. The van der Waals surface area contributed by atoms with Crippen molar-refractivity contribution in [2.45, 2.75) is 59.5 Å². The van der Waals surface area contributed by atoms with Gasteiger partial charge >= 0.3 is 0 Å². The molecule has 1 aromatic carbocycles. The zero-order valence-electron chi connectivity index (χ0n) is 17.0. The van der Waals surface area contributed by atoms with Gasteiger partial charge in [-0.3, -0.25) is 9.59 Å². The Kier molecular flexibility index (Phi) is 6.49. The number of fused-ring (bicyclic) bond motifs is 1. The molecule has 0 aliphatic carbocycles. The van der Waals surface area contributed by atoms with Crippen molar-refractivity contribution in [3.8, 4) is 0 Å². The molecular weight excluding hydrogens is 352 g/mol. The van der Waals surface area contributed by atoms with Gasteiger partial charge in [-0.05, 0) is 44.1 Å². The van der Waals surface area contributed by atoms with Gasteiger partial charge in [-0.25, -0.2) is 4.98 Å². The fourth-order valence-electron chi connectivity index (χ4n) is 3.54. The number of aryl methyl sites for hydroxylation is 1. The number of imidazole rings is 1. The predicted octanol–water partition coefficient (Wildman–Crippen LogP) is 3.23. The number of amides is 2. The highest BCUT2D eigenvalue weighted by atomic mass is 16.2. The maximum Gasteiger partial charge on any atom is 0.287 e. The van der Waals surface area contributed by atoms with Crippen molar-refractivity contribution in [3.05, 3.63) is 52.6 Å². The van der Waals surface area contributed by atoms with Crippen molar-refractivity contribution in [1.29, 1.82) is 0 Å². The van der Waals surface area contributed by atoms with Gasteiger partial charge in [0.2, 0.25) is 0 Å². The van der Waals surface area contributed by atoms with E-state index in [1.54, 1.807) is 0 Å². The van der Waals surface area contributed by atoms with E-state index in [0.717, 1.165) is 49.0 Å². The van der Waals surface area contributed by atoms with E-state index in [1.165, 1.54) is 0 Å². The topological polar surface area (TPSA) is 76.0 Å². The first-order valence-electron chi connectivity index (χ1n) is 10.2. The monoisotopic (exact) mass is 382 g/mol. The van der Waals surface area contributed by atoms with Crippen LogP contribution in [-0.2, 0) is 19.5 Å². The van der Waals surface area contributed by atoms with Gasteiger partial charge < -0.3 is 15.2 Å². The molecule has 6 nitrogen and oxygen atoms in total. The average molecular weight is 383 g/mol. The summed E-state index contributed by atoms with van der Waals surface area (Å²) in [6.45, 7) is 8.08. The van der Waals surface area contributed by atoms with Gasteiger partial charge in [0.25, 0.3) is 11.8 Å². The molecule has 0 spiro atoms. The number of nitrogens with one attached hydrogen (secondary N) is 2. The van der Waals surface area contributed by atoms with E-state index in [9.17, 15) is 9.59 Å². The first kappa shape index (κ1) is 20.1. The highest BCUT2D eigenvalue weighted by molar-refractivity contribution is 5.97. The van der Waals surface area contributed by atoms with E-state index in [-0.39, 0.29) is 11.8 Å². The van der Waals surface area contributed by atoms with Crippen LogP contribution < -0.4 is 10.6 Å². The van der Waals surface area contributed by atoms with Crippen LogP contribution in [-0.4, -0.2) is 27.9 Å². The quantitative estimate of drug-likeness (QED) is 0.772. The second kappa shape index (κ2) is 9.04. The number of benzene rings is 1. The molecule has 0 fully saturated rings. The normalized spacial score (nSPS) is 13.3. The molecule has 0 unspecified atom stereocenters. The standard InChI is InChI=1S/C22H30N4O2/c1-15(2)10-11-23-22(28)20-25-19(18-9-4-5-12-26(18)20)21(27)24-14-17-8-6-7-16(3)13-17/h6-8,13,15H,4-5,9-12,14H2,1-3H3,(H,23,28)(H,24,27). The zero-order valence-corrected chi connectivity index (χ0v) is 17.0. The molecule has 2 heterocycles. The van der Waals surface area contributed by atoms with Crippen LogP contribution in [0.15, 0.2) is 24.3 Å². The SMILES string of the molecule is Cc1cccc(CNC(=O)c2nc(C(=O)NCCC(C)C)n3c2CCCC3)c1. The van der Waals surface area contributed by atoms with Gasteiger partial charge in [0.1, 0.15) is 5.69 Å².